The van der Waals surface area contributed by atoms with Crippen molar-refractivity contribution in [2.75, 3.05) is 5.73 Å². The Morgan fingerprint density at radius 3 is 2.69 bits per heavy atom. The predicted octanol–water partition coefficient (Wildman–Crippen LogP) is 1.91. The first-order valence-electron chi connectivity index (χ1n) is 4.70. The van der Waals surface area contributed by atoms with Crippen LogP contribution in [0.4, 0.5) is 10.1 Å². The Morgan fingerprint density at radius 2 is 2.12 bits per heavy atom. The molecule has 1 heterocycles. The normalized spacial score (nSPS) is 10.9. The molecular formula is C11H11FN2O2. The molecule has 0 unspecified atom stereocenters. The topological polar surface area (TPSA) is 68.2 Å². The van der Waals surface area contributed by atoms with Crippen LogP contribution in [0, 0.1) is 12.7 Å². The summed E-state index contributed by atoms with van der Waals surface area (Å²) in [5, 5.41) is 9.39. The van der Waals surface area contributed by atoms with Gasteiger partial charge in [-0.3, -0.25) is 0 Å². The Kier molecular flexibility index (Phi) is 2.11. The molecule has 3 N–H and O–H groups in total. The minimum absolute atomic E-state index is 0.112. The van der Waals surface area contributed by atoms with Crippen LogP contribution >= 0.6 is 0 Å². The number of carboxylic acid groups (broad SMARTS) is 1. The van der Waals surface area contributed by atoms with Crippen molar-refractivity contribution in [1.29, 1.82) is 0 Å². The fourth-order valence-corrected chi connectivity index (χ4v) is 1.76. The molecule has 2 aromatic rings. The van der Waals surface area contributed by atoms with Crippen LogP contribution < -0.4 is 5.73 Å². The Morgan fingerprint density at radius 1 is 1.50 bits per heavy atom. The number of aromatic carboxylic acids is 1. The molecule has 0 fully saturated rings. The molecule has 84 valence electrons. The molecule has 0 aliphatic carbocycles. The molecule has 0 bridgehead atoms. The van der Waals surface area contributed by atoms with E-state index in [0.717, 1.165) is 5.69 Å². The van der Waals surface area contributed by atoms with Gasteiger partial charge in [-0.25, -0.2) is 9.18 Å². The first kappa shape index (κ1) is 10.5. The Bertz CT molecular complexity index is 602. The lowest BCUT2D eigenvalue weighted by Crippen LogP contribution is -2.05. The third kappa shape index (κ3) is 1.25. The molecule has 0 saturated heterocycles. The summed E-state index contributed by atoms with van der Waals surface area (Å²) in [4.78, 5) is 10.8. The van der Waals surface area contributed by atoms with Crippen molar-refractivity contribution < 1.29 is 14.3 Å². The van der Waals surface area contributed by atoms with E-state index in [4.69, 9.17) is 10.8 Å². The van der Waals surface area contributed by atoms with E-state index in [-0.39, 0.29) is 5.69 Å². The summed E-state index contributed by atoms with van der Waals surface area (Å²) in [6.45, 7) is 1.85. The molecule has 0 saturated carbocycles. The highest BCUT2D eigenvalue weighted by Gasteiger charge is 2.18. The van der Waals surface area contributed by atoms with Crippen molar-refractivity contribution in [3.05, 3.63) is 29.2 Å². The number of aromatic nitrogens is 1. The number of fused-ring (bicyclic) bond motifs is 1. The maximum Gasteiger partial charge on any atom is 0.338 e. The maximum absolute atomic E-state index is 13.6. The van der Waals surface area contributed by atoms with Crippen molar-refractivity contribution in [1.82, 2.24) is 4.57 Å². The second-order valence-electron chi connectivity index (χ2n) is 3.73. The number of rotatable bonds is 1. The Hall–Kier alpha value is -2.04. The third-order valence-electron chi connectivity index (χ3n) is 2.79. The van der Waals surface area contributed by atoms with Crippen LogP contribution in [-0.2, 0) is 7.05 Å². The summed E-state index contributed by atoms with van der Waals surface area (Å²) >= 11 is 0. The van der Waals surface area contributed by atoms with Gasteiger partial charge in [0.1, 0.15) is 0 Å². The second kappa shape index (κ2) is 3.23. The molecular weight excluding hydrogens is 211 g/mol. The van der Waals surface area contributed by atoms with Gasteiger partial charge in [0.2, 0.25) is 0 Å². The van der Waals surface area contributed by atoms with Crippen LogP contribution in [0.5, 0.6) is 0 Å². The highest BCUT2D eigenvalue weighted by atomic mass is 19.1. The van der Waals surface area contributed by atoms with E-state index >= 15 is 0 Å². The Balaban J connectivity index is 2.94. The minimum Gasteiger partial charge on any atom is -0.478 e. The zero-order valence-electron chi connectivity index (χ0n) is 8.91. The fourth-order valence-electron chi connectivity index (χ4n) is 1.76. The van der Waals surface area contributed by atoms with E-state index in [1.54, 1.807) is 17.7 Å². The standard InChI is InChI=1S/C11H11FN2O2/c1-5-3-6-8(14(5)2)4-7(11(15)16)9(12)10(6)13/h3-4H,13H2,1-2H3,(H,15,16). The number of aryl methyl sites for hydroxylation is 2. The van der Waals surface area contributed by atoms with Gasteiger partial charge in [0.05, 0.1) is 16.8 Å². The molecule has 0 spiro atoms. The van der Waals surface area contributed by atoms with Crippen LogP contribution in [-0.4, -0.2) is 15.6 Å². The number of anilines is 1. The quantitative estimate of drug-likeness (QED) is 0.724. The van der Waals surface area contributed by atoms with Crippen LogP contribution in [0.3, 0.4) is 0 Å². The van der Waals surface area contributed by atoms with Gasteiger partial charge in [-0.2, -0.15) is 0 Å². The summed E-state index contributed by atoms with van der Waals surface area (Å²) in [7, 11) is 1.78. The first-order chi connectivity index (χ1) is 7.43. The van der Waals surface area contributed by atoms with Crippen LogP contribution in [0.25, 0.3) is 10.9 Å². The maximum atomic E-state index is 13.6. The number of nitrogen functional groups attached to an aromatic ring is 1. The van der Waals surface area contributed by atoms with Crippen molar-refractivity contribution in [3.63, 3.8) is 0 Å². The zero-order chi connectivity index (χ0) is 12.0. The number of halogens is 1. The number of hydrogen-bond acceptors (Lipinski definition) is 2. The summed E-state index contributed by atoms with van der Waals surface area (Å²) in [5.74, 6) is -2.18. The molecule has 5 heteroatoms. The van der Waals surface area contributed by atoms with E-state index in [0.29, 0.717) is 10.9 Å². The highest BCUT2D eigenvalue weighted by molar-refractivity contribution is 6.00. The average Bonchev–Trinajstić information content (AvgIpc) is 2.50. The summed E-state index contributed by atoms with van der Waals surface area (Å²) in [5.41, 5.74) is 6.59. The van der Waals surface area contributed by atoms with Crippen molar-refractivity contribution in [2.24, 2.45) is 7.05 Å². The monoisotopic (exact) mass is 222 g/mol. The van der Waals surface area contributed by atoms with Gasteiger partial charge in [0.25, 0.3) is 0 Å². The van der Waals surface area contributed by atoms with Crippen LogP contribution in [0.15, 0.2) is 12.1 Å². The molecule has 1 aromatic heterocycles. The lowest BCUT2D eigenvalue weighted by atomic mass is 10.1. The van der Waals surface area contributed by atoms with Gasteiger partial charge >= 0.3 is 5.97 Å². The SMILES string of the molecule is Cc1cc2c(N)c(F)c(C(=O)O)cc2n1C. The summed E-state index contributed by atoms with van der Waals surface area (Å²) in [6, 6.07) is 3.04. The fraction of sp³-hybridized carbons (Fsp3) is 0.182. The number of carbonyl (C=O) groups is 1. The zero-order valence-corrected chi connectivity index (χ0v) is 8.91. The van der Waals surface area contributed by atoms with Crippen LogP contribution in [0.2, 0.25) is 0 Å². The predicted molar refractivity (Wildman–Crippen MR) is 59.0 cm³/mol. The number of nitrogens with two attached hydrogens (primary N) is 1. The second-order valence-corrected chi connectivity index (χ2v) is 3.73. The lowest BCUT2D eigenvalue weighted by molar-refractivity contribution is 0.0692. The Labute approximate surface area is 91.1 Å². The molecule has 0 atom stereocenters. The van der Waals surface area contributed by atoms with Gasteiger partial charge in [0.15, 0.2) is 5.82 Å². The van der Waals surface area contributed by atoms with Gasteiger partial charge < -0.3 is 15.4 Å². The third-order valence-corrected chi connectivity index (χ3v) is 2.79. The largest absolute Gasteiger partial charge is 0.478 e. The van der Waals surface area contributed by atoms with Gasteiger partial charge in [-0.1, -0.05) is 0 Å². The smallest absolute Gasteiger partial charge is 0.338 e. The number of carboxylic acids is 1. The molecule has 16 heavy (non-hydrogen) atoms. The first-order valence-corrected chi connectivity index (χ1v) is 4.70. The van der Waals surface area contributed by atoms with Gasteiger partial charge in [0, 0.05) is 18.1 Å². The molecule has 0 aliphatic heterocycles. The molecule has 0 aliphatic rings. The van der Waals surface area contributed by atoms with Crippen molar-refractivity contribution >= 4 is 22.6 Å². The van der Waals surface area contributed by atoms with Crippen LogP contribution in [0.1, 0.15) is 16.1 Å². The van der Waals surface area contributed by atoms with Crippen molar-refractivity contribution in [2.45, 2.75) is 6.92 Å². The lowest BCUT2D eigenvalue weighted by Gasteiger charge is -2.05. The van der Waals surface area contributed by atoms with E-state index in [9.17, 15) is 9.18 Å². The van der Waals surface area contributed by atoms with E-state index in [1.165, 1.54) is 6.07 Å². The van der Waals surface area contributed by atoms with Gasteiger partial charge in [-0.05, 0) is 19.1 Å². The molecule has 0 amide bonds. The number of benzene rings is 1. The molecule has 4 nitrogen and oxygen atoms in total. The van der Waals surface area contributed by atoms with Gasteiger partial charge in [-0.15, -0.1) is 0 Å². The molecule has 2 rings (SSSR count). The van der Waals surface area contributed by atoms with E-state index < -0.39 is 17.3 Å². The average molecular weight is 222 g/mol. The summed E-state index contributed by atoms with van der Waals surface area (Å²) in [6.07, 6.45) is 0. The van der Waals surface area contributed by atoms with E-state index in [1.807, 2.05) is 6.92 Å². The highest BCUT2D eigenvalue weighted by Crippen LogP contribution is 2.29. The molecule has 1 aromatic carbocycles. The van der Waals surface area contributed by atoms with Crippen molar-refractivity contribution in [3.8, 4) is 0 Å². The van der Waals surface area contributed by atoms with E-state index in [2.05, 4.69) is 0 Å². The number of nitrogens with zero attached hydrogens (tertiary/aromatic N) is 1. The minimum atomic E-state index is -1.31. The molecule has 0 radical (unpaired) electrons. The number of hydrogen-bond donors (Lipinski definition) is 2. The summed E-state index contributed by atoms with van der Waals surface area (Å²) < 4.78 is 15.4.